The van der Waals surface area contributed by atoms with Crippen LogP contribution >= 0.6 is 0 Å². The Labute approximate surface area is 232 Å². The van der Waals surface area contributed by atoms with E-state index in [0.717, 1.165) is 5.56 Å². The molecule has 4 N–H and O–H groups in total. The summed E-state index contributed by atoms with van der Waals surface area (Å²) >= 11 is 0. The number of hydrogen-bond acceptors (Lipinski definition) is 6. The third kappa shape index (κ3) is 7.43. The maximum absolute atomic E-state index is 13.4. The highest BCUT2D eigenvalue weighted by atomic mass is 32.2. The molecule has 40 heavy (non-hydrogen) atoms. The number of methoxy groups -OCH3 is 1. The van der Waals surface area contributed by atoms with Crippen molar-refractivity contribution < 1.29 is 27.9 Å². The van der Waals surface area contributed by atoms with Gasteiger partial charge < -0.3 is 20.5 Å². The number of pyridine rings is 1. The van der Waals surface area contributed by atoms with Crippen molar-refractivity contribution in [2.75, 3.05) is 12.4 Å². The van der Waals surface area contributed by atoms with E-state index in [1.807, 2.05) is 6.07 Å². The molecule has 0 aliphatic heterocycles. The van der Waals surface area contributed by atoms with Crippen LogP contribution in [0.2, 0.25) is 0 Å². The first-order valence-corrected chi connectivity index (χ1v) is 13.7. The molecule has 1 atom stereocenters. The fraction of sp³-hybridized carbons (Fsp3) is 0.138. The number of urea groups is 1. The lowest BCUT2D eigenvalue weighted by Crippen LogP contribution is -2.42. The molecule has 0 saturated carbocycles. The number of rotatable bonds is 11. The van der Waals surface area contributed by atoms with Crippen molar-refractivity contribution in [2.45, 2.75) is 23.9 Å². The van der Waals surface area contributed by atoms with Gasteiger partial charge in [0, 0.05) is 24.6 Å². The summed E-state index contributed by atoms with van der Waals surface area (Å²) in [7, 11) is -2.97. The number of hydrogen-bond donors (Lipinski definition) is 4. The second-order valence-electron chi connectivity index (χ2n) is 8.82. The van der Waals surface area contributed by atoms with Gasteiger partial charge >= 0.3 is 12.0 Å². The summed E-state index contributed by atoms with van der Waals surface area (Å²) in [5.74, 6) is -1.24. The number of anilines is 1. The first kappa shape index (κ1) is 28.3. The van der Waals surface area contributed by atoms with Gasteiger partial charge in [0.05, 0.1) is 7.11 Å². The Kier molecular flexibility index (Phi) is 9.10. The average molecular weight is 561 g/mol. The molecule has 0 aliphatic carbocycles. The predicted octanol–water partition coefficient (Wildman–Crippen LogP) is 4.05. The molecule has 2 amide bonds. The molecule has 206 valence electrons. The van der Waals surface area contributed by atoms with Crippen LogP contribution in [0.1, 0.15) is 11.1 Å². The van der Waals surface area contributed by atoms with E-state index in [1.54, 1.807) is 79.1 Å². The highest BCUT2D eigenvalue weighted by Crippen LogP contribution is 2.31. The zero-order valence-corrected chi connectivity index (χ0v) is 22.4. The Bertz CT molecular complexity index is 1580. The monoisotopic (exact) mass is 560 g/mol. The van der Waals surface area contributed by atoms with Crippen molar-refractivity contribution in [1.82, 2.24) is 15.0 Å². The Morgan fingerprint density at radius 2 is 1.68 bits per heavy atom. The molecule has 0 spiro atoms. The number of nitrogens with one attached hydrogen (secondary N) is 3. The smallest absolute Gasteiger partial charge is 0.322 e. The normalized spacial score (nSPS) is 11.8. The van der Waals surface area contributed by atoms with E-state index in [0.29, 0.717) is 28.9 Å². The number of carboxylic acids is 1. The average Bonchev–Trinajstić information content (AvgIpc) is 2.96. The first-order chi connectivity index (χ1) is 19.2. The van der Waals surface area contributed by atoms with Gasteiger partial charge in [-0.15, -0.1) is 0 Å². The summed E-state index contributed by atoms with van der Waals surface area (Å²) in [4.78, 5) is 28.1. The van der Waals surface area contributed by atoms with E-state index in [1.165, 1.54) is 19.2 Å². The minimum absolute atomic E-state index is 0.0338. The summed E-state index contributed by atoms with van der Waals surface area (Å²) in [6, 6.07) is 22.0. The van der Waals surface area contributed by atoms with E-state index in [4.69, 9.17) is 4.74 Å². The largest absolute Gasteiger partial charge is 0.495 e. The van der Waals surface area contributed by atoms with Crippen LogP contribution in [-0.2, 0) is 27.8 Å². The molecule has 4 aromatic rings. The van der Waals surface area contributed by atoms with E-state index in [-0.39, 0.29) is 17.1 Å². The summed E-state index contributed by atoms with van der Waals surface area (Å²) in [5, 5.41) is 15.2. The minimum atomic E-state index is -4.30. The molecule has 1 unspecified atom stereocenters. The Hall–Kier alpha value is -4.74. The number of aromatic nitrogens is 1. The van der Waals surface area contributed by atoms with Gasteiger partial charge in [-0.05, 0) is 59.0 Å². The molecule has 4 rings (SSSR count). The maximum Gasteiger partial charge on any atom is 0.322 e. The third-order valence-corrected chi connectivity index (χ3v) is 7.45. The highest BCUT2D eigenvalue weighted by molar-refractivity contribution is 7.89. The van der Waals surface area contributed by atoms with Crippen LogP contribution in [0.4, 0.5) is 10.5 Å². The fourth-order valence-electron chi connectivity index (χ4n) is 3.98. The van der Waals surface area contributed by atoms with Gasteiger partial charge in [-0.3, -0.25) is 9.78 Å². The van der Waals surface area contributed by atoms with E-state index >= 15 is 0 Å². The van der Waals surface area contributed by atoms with Gasteiger partial charge in [-0.25, -0.2) is 13.2 Å². The van der Waals surface area contributed by atoms with Crippen molar-refractivity contribution in [2.24, 2.45) is 0 Å². The number of amides is 2. The predicted molar refractivity (Wildman–Crippen MR) is 150 cm³/mol. The van der Waals surface area contributed by atoms with E-state index < -0.39 is 28.1 Å². The topological polar surface area (TPSA) is 147 Å². The quantitative estimate of drug-likeness (QED) is 0.216. The molecular weight excluding hydrogens is 532 g/mol. The fourth-order valence-corrected chi connectivity index (χ4v) is 5.37. The number of carbonyl (C=O) groups excluding carboxylic acids is 1. The number of carbonyl (C=O) groups is 2. The van der Waals surface area contributed by atoms with Gasteiger partial charge in [0.15, 0.2) is 0 Å². The molecule has 1 aromatic heterocycles. The molecule has 0 aliphatic rings. The van der Waals surface area contributed by atoms with Crippen LogP contribution in [0.3, 0.4) is 0 Å². The number of carboxylic acid groups (broad SMARTS) is 1. The standard InChI is InChI=1S/C29H28N4O6S/c1-39-26-13-12-23(17-27(26)40(37,38)33-25(28(34)35)15-20-7-3-2-4-8-20)22-10-5-11-24(16-22)32-29(36)31-19-21-9-6-14-30-18-21/h2-14,16-18,25,33H,15,19H2,1H3,(H,34,35)(H2,31,32,36). The lowest BCUT2D eigenvalue weighted by Gasteiger charge is -2.17. The zero-order chi connectivity index (χ0) is 28.5. The van der Waals surface area contributed by atoms with Gasteiger partial charge in [0.1, 0.15) is 16.7 Å². The van der Waals surface area contributed by atoms with Crippen LogP contribution in [-0.4, -0.2) is 43.7 Å². The highest BCUT2D eigenvalue weighted by Gasteiger charge is 2.28. The number of aliphatic carboxylic acids is 1. The van der Waals surface area contributed by atoms with Crippen LogP contribution in [0.25, 0.3) is 11.1 Å². The van der Waals surface area contributed by atoms with Crippen molar-refractivity contribution in [3.63, 3.8) is 0 Å². The summed E-state index contributed by atoms with van der Waals surface area (Å²) in [6.07, 6.45) is 3.27. The van der Waals surface area contributed by atoms with Gasteiger partial charge in [0.25, 0.3) is 0 Å². The summed E-state index contributed by atoms with van der Waals surface area (Å²) in [6.45, 7) is 0.299. The lowest BCUT2D eigenvalue weighted by atomic mass is 10.0. The van der Waals surface area contributed by atoms with Crippen LogP contribution in [0.5, 0.6) is 5.75 Å². The first-order valence-electron chi connectivity index (χ1n) is 12.3. The SMILES string of the molecule is COc1ccc(-c2cccc(NC(=O)NCc3cccnc3)c2)cc1S(=O)(=O)NC(Cc1ccccc1)C(=O)O. The minimum Gasteiger partial charge on any atom is -0.495 e. The lowest BCUT2D eigenvalue weighted by molar-refractivity contribution is -0.138. The Morgan fingerprint density at radius 3 is 2.38 bits per heavy atom. The summed E-state index contributed by atoms with van der Waals surface area (Å²) in [5.41, 5.74) is 3.17. The molecule has 0 bridgehead atoms. The van der Waals surface area contributed by atoms with Crippen molar-refractivity contribution in [3.05, 3.63) is 108 Å². The van der Waals surface area contributed by atoms with Gasteiger partial charge in [-0.1, -0.05) is 54.6 Å². The molecule has 1 heterocycles. The number of sulfonamides is 1. The van der Waals surface area contributed by atoms with Crippen molar-refractivity contribution in [3.8, 4) is 16.9 Å². The van der Waals surface area contributed by atoms with Gasteiger partial charge in [0.2, 0.25) is 10.0 Å². The molecule has 0 radical (unpaired) electrons. The number of benzene rings is 3. The molecular formula is C29H28N4O6S. The van der Waals surface area contributed by atoms with Crippen LogP contribution in [0.15, 0.2) is 102 Å². The molecule has 3 aromatic carbocycles. The Balaban J connectivity index is 1.54. The second kappa shape index (κ2) is 12.9. The number of nitrogens with zero attached hydrogens (tertiary/aromatic N) is 1. The second-order valence-corrected chi connectivity index (χ2v) is 10.5. The molecule has 0 saturated heterocycles. The third-order valence-electron chi connectivity index (χ3n) is 5.96. The molecule has 10 nitrogen and oxygen atoms in total. The maximum atomic E-state index is 13.4. The Morgan fingerprint density at radius 1 is 0.925 bits per heavy atom. The van der Waals surface area contributed by atoms with Gasteiger partial charge in [-0.2, -0.15) is 4.72 Å². The molecule has 0 fully saturated rings. The zero-order valence-electron chi connectivity index (χ0n) is 21.6. The van der Waals surface area contributed by atoms with E-state index in [2.05, 4.69) is 20.3 Å². The molecule has 11 heteroatoms. The van der Waals surface area contributed by atoms with Crippen LogP contribution < -0.4 is 20.1 Å². The van der Waals surface area contributed by atoms with Crippen molar-refractivity contribution in [1.29, 1.82) is 0 Å². The summed E-state index contributed by atoms with van der Waals surface area (Å²) < 4.78 is 34.3. The number of ether oxygens (including phenoxy) is 1. The van der Waals surface area contributed by atoms with E-state index in [9.17, 15) is 23.1 Å². The van der Waals surface area contributed by atoms with Crippen LogP contribution in [0, 0.1) is 0 Å². The van der Waals surface area contributed by atoms with Crippen molar-refractivity contribution >= 4 is 27.7 Å².